The normalized spacial score (nSPS) is 15.6. The highest BCUT2D eigenvalue weighted by Gasteiger charge is 2.21. The molecule has 3 heterocycles. The lowest BCUT2D eigenvalue weighted by molar-refractivity contribution is -0.119. The molecule has 0 spiro atoms. The zero-order valence-corrected chi connectivity index (χ0v) is 17.7. The summed E-state index contributed by atoms with van der Waals surface area (Å²) >= 11 is 0. The standard InChI is InChI=1S/C22H23F3N6O/c1-12(14-5-3-6-15(20(14)23)21(24)25)28-22-16-9-18(27-10-17(16)29-13(2)30-22)31-8-4-7-26-19(32)11-31/h3,5-6,9-10,12,21H,4,7-8,11H2,1-2H3,(H,26,32)(H,28,29,30). The molecule has 1 saturated heterocycles. The Morgan fingerprint density at radius 1 is 1.22 bits per heavy atom. The van der Waals surface area contributed by atoms with Gasteiger partial charge in [-0.25, -0.2) is 28.1 Å². The van der Waals surface area contributed by atoms with Crippen molar-refractivity contribution >= 4 is 28.4 Å². The van der Waals surface area contributed by atoms with Gasteiger partial charge in [0.2, 0.25) is 5.91 Å². The minimum absolute atomic E-state index is 0.0779. The Balaban J connectivity index is 1.70. The molecule has 1 aliphatic heterocycles. The number of fused-ring (bicyclic) bond motifs is 1. The van der Waals surface area contributed by atoms with Crippen molar-refractivity contribution in [3.05, 3.63) is 53.2 Å². The van der Waals surface area contributed by atoms with E-state index in [2.05, 4.69) is 25.6 Å². The van der Waals surface area contributed by atoms with Gasteiger partial charge in [0.25, 0.3) is 6.43 Å². The van der Waals surface area contributed by atoms with Crippen LogP contribution in [0.4, 0.5) is 24.8 Å². The van der Waals surface area contributed by atoms with Crippen molar-refractivity contribution in [1.29, 1.82) is 0 Å². The number of hydrogen-bond acceptors (Lipinski definition) is 6. The first-order valence-corrected chi connectivity index (χ1v) is 10.3. The molecule has 32 heavy (non-hydrogen) atoms. The molecule has 2 aromatic heterocycles. The summed E-state index contributed by atoms with van der Waals surface area (Å²) in [4.78, 5) is 27.1. The molecular formula is C22H23F3N6O. The van der Waals surface area contributed by atoms with Crippen LogP contribution in [0.1, 0.15) is 42.8 Å². The maximum Gasteiger partial charge on any atom is 0.266 e. The number of benzene rings is 1. The number of carbonyl (C=O) groups is 1. The molecule has 0 saturated carbocycles. The van der Waals surface area contributed by atoms with Crippen molar-refractivity contribution in [3.8, 4) is 0 Å². The fourth-order valence-electron chi connectivity index (χ4n) is 3.78. The third-order valence-electron chi connectivity index (χ3n) is 5.38. The van der Waals surface area contributed by atoms with Crippen LogP contribution in [0.3, 0.4) is 0 Å². The van der Waals surface area contributed by atoms with E-state index in [0.717, 1.165) is 12.5 Å². The SMILES string of the molecule is Cc1nc(NC(C)c2cccc(C(F)F)c2F)c2cc(N3CCCNC(=O)C3)ncc2n1. The Kier molecular flexibility index (Phi) is 6.11. The molecule has 10 heteroatoms. The van der Waals surface area contributed by atoms with Crippen molar-refractivity contribution in [3.63, 3.8) is 0 Å². The summed E-state index contributed by atoms with van der Waals surface area (Å²) in [6.07, 6.45) is -0.503. The predicted molar refractivity (Wildman–Crippen MR) is 115 cm³/mol. The van der Waals surface area contributed by atoms with Crippen LogP contribution in [-0.4, -0.2) is 40.5 Å². The van der Waals surface area contributed by atoms with Gasteiger partial charge in [0.1, 0.15) is 23.3 Å². The van der Waals surface area contributed by atoms with Crippen molar-refractivity contribution in [1.82, 2.24) is 20.3 Å². The van der Waals surface area contributed by atoms with Gasteiger partial charge in [-0.2, -0.15) is 0 Å². The Morgan fingerprint density at radius 3 is 2.78 bits per heavy atom. The van der Waals surface area contributed by atoms with Gasteiger partial charge in [0.05, 0.1) is 29.9 Å². The smallest absolute Gasteiger partial charge is 0.266 e. The van der Waals surface area contributed by atoms with E-state index in [1.54, 1.807) is 26.1 Å². The summed E-state index contributed by atoms with van der Waals surface area (Å²) in [7, 11) is 0. The first-order valence-electron chi connectivity index (χ1n) is 10.3. The number of hydrogen-bond donors (Lipinski definition) is 2. The van der Waals surface area contributed by atoms with Crippen LogP contribution in [0.5, 0.6) is 0 Å². The van der Waals surface area contributed by atoms with Crippen molar-refractivity contribution in [2.75, 3.05) is 29.9 Å². The molecule has 0 radical (unpaired) electrons. The zero-order valence-electron chi connectivity index (χ0n) is 17.7. The highest BCUT2D eigenvalue weighted by molar-refractivity contribution is 5.91. The number of halogens is 3. The molecule has 168 valence electrons. The second-order valence-corrected chi connectivity index (χ2v) is 7.72. The van der Waals surface area contributed by atoms with Gasteiger partial charge in [-0.1, -0.05) is 18.2 Å². The lowest BCUT2D eigenvalue weighted by Gasteiger charge is -2.22. The fraction of sp³-hybridized carbons (Fsp3) is 0.364. The van der Waals surface area contributed by atoms with Crippen LogP contribution in [0.25, 0.3) is 10.9 Å². The molecule has 2 N–H and O–H groups in total. The summed E-state index contributed by atoms with van der Waals surface area (Å²) in [6, 6.07) is 5.11. The monoisotopic (exact) mass is 444 g/mol. The van der Waals surface area contributed by atoms with Crippen molar-refractivity contribution in [2.45, 2.75) is 32.7 Å². The number of nitrogens with one attached hydrogen (secondary N) is 2. The molecule has 0 bridgehead atoms. The summed E-state index contributed by atoms with van der Waals surface area (Å²) in [5.41, 5.74) is 0.0634. The van der Waals surface area contributed by atoms with Gasteiger partial charge in [-0.15, -0.1) is 0 Å². The Bertz CT molecular complexity index is 1160. The van der Waals surface area contributed by atoms with E-state index >= 15 is 0 Å². The third-order valence-corrected chi connectivity index (χ3v) is 5.38. The molecule has 7 nitrogen and oxygen atoms in total. The maximum atomic E-state index is 14.6. The van der Waals surface area contributed by atoms with E-state index in [1.165, 1.54) is 12.1 Å². The van der Waals surface area contributed by atoms with E-state index in [0.29, 0.717) is 41.5 Å². The predicted octanol–water partition coefficient (Wildman–Crippen LogP) is 3.91. The fourth-order valence-corrected chi connectivity index (χ4v) is 3.78. The molecule has 1 atom stereocenters. The van der Waals surface area contributed by atoms with E-state index in [-0.39, 0.29) is 18.0 Å². The third kappa shape index (κ3) is 4.44. The summed E-state index contributed by atoms with van der Waals surface area (Å²) in [5.74, 6) is 0.507. The average Bonchev–Trinajstić information content (AvgIpc) is 2.97. The van der Waals surface area contributed by atoms with E-state index in [9.17, 15) is 18.0 Å². The van der Waals surface area contributed by atoms with Gasteiger partial charge >= 0.3 is 0 Å². The van der Waals surface area contributed by atoms with Gasteiger partial charge in [0.15, 0.2) is 0 Å². The Morgan fingerprint density at radius 2 is 2.00 bits per heavy atom. The van der Waals surface area contributed by atoms with Crippen molar-refractivity contribution < 1.29 is 18.0 Å². The first kappa shape index (κ1) is 21.8. The van der Waals surface area contributed by atoms with Gasteiger partial charge < -0.3 is 15.5 Å². The summed E-state index contributed by atoms with van der Waals surface area (Å²) in [5, 5.41) is 6.61. The number of anilines is 2. The quantitative estimate of drug-likeness (QED) is 0.621. The molecule has 1 unspecified atom stereocenters. The van der Waals surface area contributed by atoms with Crippen LogP contribution in [-0.2, 0) is 4.79 Å². The van der Waals surface area contributed by atoms with Gasteiger partial charge in [-0.05, 0) is 26.3 Å². The molecule has 1 aromatic carbocycles. The molecule has 1 amide bonds. The van der Waals surface area contributed by atoms with E-state index in [4.69, 9.17) is 0 Å². The van der Waals surface area contributed by atoms with Crippen LogP contribution >= 0.6 is 0 Å². The molecule has 1 aliphatic rings. The van der Waals surface area contributed by atoms with Crippen LogP contribution in [0.2, 0.25) is 0 Å². The minimum Gasteiger partial charge on any atom is -0.363 e. The first-order chi connectivity index (χ1) is 15.3. The average molecular weight is 444 g/mol. The zero-order chi connectivity index (χ0) is 22.8. The van der Waals surface area contributed by atoms with Crippen LogP contribution < -0.4 is 15.5 Å². The highest BCUT2D eigenvalue weighted by atomic mass is 19.3. The Labute approximate surface area is 183 Å². The van der Waals surface area contributed by atoms with Crippen LogP contribution in [0.15, 0.2) is 30.5 Å². The maximum absolute atomic E-state index is 14.6. The van der Waals surface area contributed by atoms with Crippen molar-refractivity contribution in [2.24, 2.45) is 0 Å². The second-order valence-electron chi connectivity index (χ2n) is 7.72. The molecule has 0 aliphatic carbocycles. The minimum atomic E-state index is -2.90. The Hall–Kier alpha value is -3.43. The lowest BCUT2D eigenvalue weighted by atomic mass is 10.0. The van der Waals surface area contributed by atoms with Gasteiger partial charge in [-0.3, -0.25) is 4.79 Å². The number of nitrogens with zero attached hydrogens (tertiary/aromatic N) is 4. The van der Waals surface area contributed by atoms with Gasteiger partial charge in [0, 0.05) is 24.0 Å². The number of carbonyl (C=O) groups excluding carboxylic acids is 1. The molecule has 4 rings (SSSR count). The summed E-state index contributed by atoms with van der Waals surface area (Å²) < 4.78 is 40.9. The van der Waals surface area contributed by atoms with E-state index < -0.39 is 23.8 Å². The molecule has 3 aromatic rings. The number of pyridine rings is 1. The number of aryl methyl sites for hydroxylation is 1. The number of alkyl halides is 2. The lowest BCUT2D eigenvalue weighted by Crippen LogP contribution is -2.33. The summed E-state index contributed by atoms with van der Waals surface area (Å²) in [6.45, 7) is 4.86. The van der Waals surface area contributed by atoms with E-state index in [1.807, 2.05) is 4.90 Å². The number of amides is 1. The largest absolute Gasteiger partial charge is 0.363 e. The number of aromatic nitrogens is 3. The topological polar surface area (TPSA) is 83.0 Å². The van der Waals surface area contributed by atoms with Crippen LogP contribution in [0, 0.1) is 12.7 Å². The highest BCUT2D eigenvalue weighted by Crippen LogP contribution is 2.31. The molecule has 1 fully saturated rings. The molecular weight excluding hydrogens is 421 g/mol. The number of rotatable bonds is 5. The second kappa shape index (κ2) is 8.97.